The van der Waals surface area contributed by atoms with Gasteiger partial charge in [-0.2, -0.15) is 4.98 Å². The zero-order valence-electron chi connectivity index (χ0n) is 13.3. The summed E-state index contributed by atoms with van der Waals surface area (Å²) in [7, 11) is 0. The molecule has 0 radical (unpaired) electrons. The van der Waals surface area contributed by atoms with E-state index in [1.54, 1.807) is 0 Å². The predicted octanol–water partition coefficient (Wildman–Crippen LogP) is -0.224. The fourth-order valence-electron chi connectivity index (χ4n) is 2.58. The third kappa shape index (κ3) is 2.87. The maximum atomic E-state index is 14.3. The first kappa shape index (κ1) is 16.8. The van der Waals surface area contributed by atoms with Crippen LogP contribution in [0.4, 0.5) is 10.3 Å². The number of imidazole rings is 1. The van der Waals surface area contributed by atoms with Crippen molar-refractivity contribution in [3.63, 3.8) is 0 Å². The molecule has 0 spiro atoms. The van der Waals surface area contributed by atoms with Gasteiger partial charge in [-0.05, 0) is 5.92 Å². The number of aromatic amines is 1. The standard InChI is InChI=1S/C14H20FN5O4/c1-6(2)3-16-14-18-11-9(12(23)19-14)17-5-20(11)13-8(15)10(22)7(4-21)24-13/h5-8,10,13,21-22H,3-4H2,1-2H3,(H2,16,18,19,23)/t7-,8+,10-,13-/m1/s1. The predicted molar refractivity (Wildman–Crippen MR) is 83.4 cm³/mol. The third-order valence-electron chi connectivity index (χ3n) is 3.86. The van der Waals surface area contributed by atoms with Crippen molar-refractivity contribution in [3.05, 3.63) is 16.7 Å². The Balaban J connectivity index is 1.98. The minimum Gasteiger partial charge on any atom is -0.394 e. The summed E-state index contributed by atoms with van der Waals surface area (Å²) in [6, 6.07) is 0. The van der Waals surface area contributed by atoms with Crippen molar-refractivity contribution >= 4 is 17.1 Å². The molecule has 1 saturated heterocycles. The molecule has 2 aromatic rings. The van der Waals surface area contributed by atoms with Gasteiger partial charge < -0.3 is 20.3 Å². The Morgan fingerprint density at radius 1 is 1.54 bits per heavy atom. The normalized spacial score (nSPS) is 27.2. The summed E-state index contributed by atoms with van der Waals surface area (Å²) in [5.74, 6) is 0.584. The molecule has 0 amide bonds. The molecular formula is C14H20FN5O4. The Bertz CT molecular complexity index is 776. The zero-order chi connectivity index (χ0) is 17.4. The lowest BCUT2D eigenvalue weighted by molar-refractivity contribution is -0.0459. The van der Waals surface area contributed by atoms with Crippen LogP contribution in [0.2, 0.25) is 0 Å². The van der Waals surface area contributed by atoms with Crippen molar-refractivity contribution in [2.45, 2.75) is 38.5 Å². The number of aliphatic hydroxyl groups excluding tert-OH is 2. The van der Waals surface area contributed by atoms with E-state index in [9.17, 15) is 14.3 Å². The Labute approximate surface area is 136 Å². The molecule has 0 bridgehead atoms. The Hall–Kier alpha value is -2.04. The Morgan fingerprint density at radius 3 is 2.92 bits per heavy atom. The summed E-state index contributed by atoms with van der Waals surface area (Å²) in [4.78, 5) is 22.9. The average Bonchev–Trinajstić information content (AvgIpc) is 3.08. The van der Waals surface area contributed by atoms with E-state index < -0.39 is 36.8 Å². The van der Waals surface area contributed by atoms with E-state index in [0.717, 1.165) is 0 Å². The minimum atomic E-state index is -1.77. The van der Waals surface area contributed by atoms with Crippen LogP contribution < -0.4 is 10.9 Å². The largest absolute Gasteiger partial charge is 0.394 e. The minimum absolute atomic E-state index is 0.0443. The SMILES string of the molecule is CC(C)CNc1nc2c(ncn2[C@@H]2O[C@H](CO)[C@@H](O)[C@@H]2F)c(=O)[nH]1. The summed E-state index contributed by atoms with van der Waals surface area (Å²) < 4.78 is 20.9. The molecule has 4 N–H and O–H groups in total. The van der Waals surface area contributed by atoms with Gasteiger partial charge in [0.25, 0.3) is 5.56 Å². The van der Waals surface area contributed by atoms with Crippen LogP contribution in [0.15, 0.2) is 11.1 Å². The number of ether oxygens (including phenoxy) is 1. The number of anilines is 1. The lowest BCUT2D eigenvalue weighted by atomic mass is 10.1. The maximum absolute atomic E-state index is 14.3. The van der Waals surface area contributed by atoms with Crippen LogP contribution in [0.1, 0.15) is 20.1 Å². The monoisotopic (exact) mass is 341 g/mol. The number of aliphatic hydroxyl groups is 2. The molecule has 132 valence electrons. The second-order valence-electron chi connectivity index (χ2n) is 6.20. The van der Waals surface area contributed by atoms with E-state index in [2.05, 4.69) is 20.3 Å². The second-order valence-corrected chi connectivity index (χ2v) is 6.20. The number of halogens is 1. The van der Waals surface area contributed by atoms with Gasteiger partial charge in [0.1, 0.15) is 12.2 Å². The summed E-state index contributed by atoms with van der Waals surface area (Å²) in [6.07, 6.45) is -4.24. The van der Waals surface area contributed by atoms with E-state index >= 15 is 0 Å². The maximum Gasteiger partial charge on any atom is 0.280 e. The van der Waals surface area contributed by atoms with Crippen LogP contribution in [0.5, 0.6) is 0 Å². The quantitative estimate of drug-likeness (QED) is 0.592. The fraction of sp³-hybridized carbons (Fsp3) is 0.643. The number of alkyl halides is 1. The van der Waals surface area contributed by atoms with E-state index in [-0.39, 0.29) is 17.1 Å². The Morgan fingerprint density at radius 2 is 2.29 bits per heavy atom. The molecule has 3 heterocycles. The number of nitrogens with zero attached hydrogens (tertiary/aromatic N) is 3. The molecule has 0 aromatic carbocycles. The average molecular weight is 341 g/mol. The van der Waals surface area contributed by atoms with Gasteiger partial charge in [-0.3, -0.25) is 14.3 Å². The number of aromatic nitrogens is 4. The number of H-pyrrole nitrogens is 1. The molecular weight excluding hydrogens is 321 g/mol. The van der Waals surface area contributed by atoms with Crippen molar-refractivity contribution in [2.24, 2.45) is 5.92 Å². The number of hydrogen-bond donors (Lipinski definition) is 4. The molecule has 0 aliphatic carbocycles. The van der Waals surface area contributed by atoms with Crippen LogP contribution in [0, 0.1) is 5.92 Å². The number of fused-ring (bicyclic) bond motifs is 1. The van der Waals surface area contributed by atoms with Crippen molar-refractivity contribution in [3.8, 4) is 0 Å². The zero-order valence-corrected chi connectivity index (χ0v) is 13.3. The molecule has 1 aliphatic heterocycles. The second kappa shape index (κ2) is 6.46. The van der Waals surface area contributed by atoms with Crippen LogP contribution in [-0.2, 0) is 4.74 Å². The first-order chi connectivity index (χ1) is 11.4. The molecule has 10 heteroatoms. The van der Waals surface area contributed by atoms with Crippen molar-refractivity contribution < 1.29 is 19.3 Å². The summed E-state index contributed by atoms with van der Waals surface area (Å²) in [5.41, 5.74) is -0.274. The molecule has 9 nitrogen and oxygen atoms in total. The van der Waals surface area contributed by atoms with Gasteiger partial charge in [0.05, 0.1) is 12.9 Å². The molecule has 0 unspecified atom stereocenters. The molecule has 24 heavy (non-hydrogen) atoms. The summed E-state index contributed by atoms with van der Waals surface area (Å²) in [6.45, 7) is 4.09. The van der Waals surface area contributed by atoms with Crippen LogP contribution in [0.25, 0.3) is 11.2 Å². The van der Waals surface area contributed by atoms with E-state index in [4.69, 9.17) is 9.84 Å². The van der Waals surface area contributed by atoms with Gasteiger partial charge in [0.2, 0.25) is 5.95 Å². The molecule has 3 rings (SSSR count). The highest BCUT2D eigenvalue weighted by Gasteiger charge is 2.45. The van der Waals surface area contributed by atoms with Gasteiger partial charge in [-0.15, -0.1) is 0 Å². The van der Waals surface area contributed by atoms with E-state index in [0.29, 0.717) is 12.5 Å². The topological polar surface area (TPSA) is 125 Å². The lowest BCUT2D eigenvalue weighted by Gasteiger charge is -2.15. The highest BCUT2D eigenvalue weighted by Crippen LogP contribution is 2.33. The number of rotatable bonds is 5. The lowest BCUT2D eigenvalue weighted by Crippen LogP contribution is -2.30. The summed E-state index contributed by atoms with van der Waals surface area (Å²) in [5, 5.41) is 21.9. The van der Waals surface area contributed by atoms with Crippen molar-refractivity contribution in [2.75, 3.05) is 18.5 Å². The molecule has 4 atom stereocenters. The van der Waals surface area contributed by atoms with Gasteiger partial charge in [-0.25, -0.2) is 9.37 Å². The molecule has 1 aliphatic rings. The Kier molecular flexibility index (Phi) is 4.52. The molecule has 2 aromatic heterocycles. The van der Waals surface area contributed by atoms with Gasteiger partial charge in [0.15, 0.2) is 23.6 Å². The highest BCUT2D eigenvalue weighted by molar-refractivity contribution is 5.70. The van der Waals surface area contributed by atoms with Gasteiger partial charge >= 0.3 is 0 Å². The first-order valence-electron chi connectivity index (χ1n) is 7.71. The number of nitrogens with one attached hydrogen (secondary N) is 2. The van der Waals surface area contributed by atoms with Crippen LogP contribution in [0.3, 0.4) is 0 Å². The smallest absolute Gasteiger partial charge is 0.280 e. The van der Waals surface area contributed by atoms with Crippen molar-refractivity contribution in [1.29, 1.82) is 0 Å². The van der Waals surface area contributed by atoms with Crippen molar-refractivity contribution in [1.82, 2.24) is 19.5 Å². The third-order valence-corrected chi connectivity index (χ3v) is 3.86. The highest BCUT2D eigenvalue weighted by atomic mass is 19.1. The summed E-state index contributed by atoms with van der Waals surface area (Å²) >= 11 is 0. The van der Waals surface area contributed by atoms with E-state index in [1.165, 1.54) is 10.9 Å². The van der Waals surface area contributed by atoms with Crippen LogP contribution >= 0.6 is 0 Å². The first-order valence-corrected chi connectivity index (χ1v) is 7.71. The van der Waals surface area contributed by atoms with Crippen LogP contribution in [-0.4, -0.2) is 61.3 Å². The fourth-order valence-corrected chi connectivity index (χ4v) is 2.58. The van der Waals surface area contributed by atoms with Gasteiger partial charge in [0, 0.05) is 6.54 Å². The van der Waals surface area contributed by atoms with E-state index in [1.807, 2.05) is 13.8 Å². The molecule has 1 fully saturated rings. The molecule has 0 saturated carbocycles. The number of hydrogen-bond acceptors (Lipinski definition) is 7. The van der Waals surface area contributed by atoms with Gasteiger partial charge in [-0.1, -0.05) is 13.8 Å².